The van der Waals surface area contributed by atoms with Crippen molar-refractivity contribution in [3.8, 4) is 11.1 Å². The Bertz CT molecular complexity index is 2300. The Labute approximate surface area is 298 Å². The largest absolute Gasteiger partial charge is 0.453 e. The van der Waals surface area contributed by atoms with Crippen LogP contribution in [0.1, 0.15) is 56.8 Å². The zero-order valence-electron chi connectivity index (χ0n) is 29.2. The molecule has 4 atom stereocenters. The average molecular weight is 710 g/mol. The summed E-state index contributed by atoms with van der Waals surface area (Å²) in [5, 5.41) is 10.3. The highest BCUT2D eigenvalue weighted by Crippen LogP contribution is 2.36. The minimum absolute atomic E-state index is 0.00817. The number of hydrogen-bond acceptors (Lipinski definition) is 7. The zero-order valence-corrected chi connectivity index (χ0v) is 29.2. The molecule has 4 aromatic carbocycles. The van der Waals surface area contributed by atoms with E-state index >= 15 is 0 Å². The molecular weight excluding hydrogens is 668 g/mol. The minimum Gasteiger partial charge on any atom is -0.453 e. The highest BCUT2D eigenvalue weighted by atomic mass is 19.3. The summed E-state index contributed by atoms with van der Waals surface area (Å²) in [7, 11) is 1.29. The van der Waals surface area contributed by atoms with Crippen molar-refractivity contribution < 1.29 is 27.8 Å². The number of alkyl halides is 2. The maximum absolute atomic E-state index is 13.7. The molecule has 4 unspecified atom stereocenters. The van der Waals surface area contributed by atoms with Gasteiger partial charge in [-0.05, 0) is 77.3 Å². The summed E-state index contributed by atoms with van der Waals surface area (Å²) in [6.45, 7) is 2.27. The number of methoxy groups -OCH3 is 1. The highest BCUT2D eigenvalue weighted by Gasteiger charge is 2.37. The quantitative estimate of drug-likeness (QED) is 0.123. The molecule has 8 rings (SSSR count). The van der Waals surface area contributed by atoms with Gasteiger partial charge in [-0.25, -0.2) is 14.8 Å². The molecule has 2 aromatic heterocycles. The van der Waals surface area contributed by atoms with Gasteiger partial charge in [0.15, 0.2) is 0 Å². The van der Waals surface area contributed by atoms with Crippen molar-refractivity contribution in [2.45, 2.75) is 57.8 Å². The molecule has 0 aliphatic carbocycles. The molecule has 0 spiro atoms. The van der Waals surface area contributed by atoms with Crippen LogP contribution in [0.25, 0.3) is 54.7 Å². The van der Waals surface area contributed by atoms with Crippen LogP contribution < -0.4 is 10.6 Å². The van der Waals surface area contributed by atoms with Crippen LogP contribution in [0, 0.1) is 11.8 Å². The van der Waals surface area contributed by atoms with Crippen molar-refractivity contribution >= 4 is 55.6 Å². The number of imidazole rings is 2. The van der Waals surface area contributed by atoms with Gasteiger partial charge in [0.25, 0.3) is 0 Å². The number of hydrogen-bond donors (Lipinski definition) is 4. The predicted molar refractivity (Wildman–Crippen MR) is 195 cm³/mol. The number of benzene rings is 4. The number of H-pyrrole nitrogens is 2. The number of aromatic amines is 2. The van der Waals surface area contributed by atoms with Gasteiger partial charge in [0.1, 0.15) is 17.7 Å². The summed E-state index contributed by atoms with van der Waals surface area (Å²) in [6, 6.07) is 20.1. The number of nitrogens with zero attached hydrogens (tertiary/aromatic N) is 3. The lowest BCUT2D eigenvalue weighted by Gasteiger charge is -2.29. The van der Waals surface area contributed by atoms with E-state index in [0.29, 0.717) is 19.5 Å². The van der Waals surface area contributed by atoms with Crippen LogP contribution in [0.5, 0.6) is 0 Å². The number of likely N-dealkylation sites (tertiary alicyclic amines) is 1. The molecule has 11 nitrogen and oxygen atoms in total. The Morgan fingerprint density at radius 2 is 1.56 bits per heavy atom. The normalized spacial score (nSPS) is 19.9. The Morgan fingerprint density at radius 1 is 0.923 bits per heavy atom. The second-order valence-electron chi connectivity index (χ2n) is 14.2. The van der Waals surface area contributed by atoms with Crippen molar-refractivity contribution in [3.63, 3.8) is 0 Å². The van der Waals surface area contributed by atoms with Crippen LogP contribution >= 0.6 is 0 Å². The number of ether oxygens (including phenoxy) is 2. The maximum atomic E-state index is 13.7. The van der Waals surface area contributed by atoms with Gasteiger partial charge in [-0.3, -0.25) is 4.79 Å². The third-order valence-electron chi connectivity index (χ3n) is 10.6. The number of alkyl carbamates (subject to hydrolysis) is 1. The Hall–Kier alpha value is -5.14. The molecule has 13 heteroatoms. The zero-order chi connectivity index (χ0) is 36.1. The standard InChI is InChI=1S/C39H41F2N7O4/c1-20(2)32(47-39(50)51-3)37(49)48-14-4-5-31(48)36-44-29-13-9-25-17-23(7-11-27(25)34(29)46-36)22-6-10-26-24(16-22)8-12-28-33(26)45-35(43-28)30-15-21(18-42-30)19-52-38(40)41/h6-13,16-17,20-21,30-32,38,42H,4-5,14-15,18-19H2,1-3H3,(H,43,45)(H,44,46)(H,47,50). The topological polar surface area (TPSA) is 137 Å². The number of fused-ring (bicyclic) bond motifs is 6. The molecule has 52 heavy (non-hydrogen) atoms. The molecule has 2 saturated heterocycles. The predicted octanol–water partition coefficient (Wildman–Crippen LogP) is 7.35. The first-order valence-electron chi connectivity index (χ1n) is 17.8. The fourth-order valence-electron chi connectivity index (χ4n) is 7.87. The van der Waals surface area contributed by atoms with E-state index in [0.717, 1.165) is 79.2 Å². The van der Waals surface area contributed by atoms with Gasteiger partial charge in [0.2, 0.25) is 5.91 Å². The van der Waals surface area contributed by atoms with E-state index in [2.05, 4.69) is 73.9 Å². The van der Waals surface area contributed by atoms with Crippen LogP contribution in [0.4, 0.5) is 13.6 Å². The second-order valence-corrected chi connectivity index (χ2v) is 14.2. The Balaban J connectivity index is 1.04. The molecule has 0 radical (unpaired) electrons. The fourth-order valence-corrected chi connectivity index (χ4v) is 7.87. The fraction of sp³-hybridized carbons (Fsp3) is 0.385. The Kier molecular flexibility index (Phi) is 9.00. The third-order valence-corrected chi connectivity index (χ3v) is 10.6. The van der Waals surface area contributed by atoms with Gasteiger partial charge < -0.3 is 35.0 Å². The molecular formula is C39H41F2N7O4. The number of carbonyl (C=O) groups excluding carboxylic acids is 2. The van der Waals surface area contributed by atoms with Crippen molar-refractivity contribution in [1.82, 2.24) is 35.5 Å². The molecule has 0 bridgehead atoms. The summed E-state index contributed by atoms with van der Waals surface area (Å²) in [5.74, 6) is 1.30. The van der Waals surface area contributed by atoms with Gasteiger partial charge in [-0.1, -0.05) is 50.2 Å². The van der Waals surface area contributed by atoms with Crippen LogP contribution in [-0.4, -0.2) is 76.3 Å². The van der Waals surface area contributed by atoms with E-state index < -0.39 is 18.7 Å². The van der Waals surface area contributed by atoms with Gasteiger partial charge in [0.05, 0.1) is 47.9 Å². The lowest BCUT2D eigenvalue weighted by Crippen LogP contribution is -2.51. The van der Waals surface area contributed by atoms with Crippen molar-refractivity contribution in [1.29, 1.82) is 0 Å². The molecule has 2 aliphatic rings. The smallest absolute Gasteiger partial charge is 0.407 e. The van der Waals surface area contributed by atoms with Gasteiger partial charge in [-0.2, -0.15) is 8.78 Å². The first-order chi connectivity index (χ1) is 25.2. The minimum atomic E-state index is -2.76. The number of nitrogens with one attached hydrogen (secondary N) is 4. The highest BCUT2D eigenvalue weighted by molar-refractivity contribution is 6.07. The number of amides is 2. The molecule has 270 valence electrons. The lowest BCUT2D eigenvalue weighted by atomic mass is 9.98. The first-order valence-corrected chi connectivity index (χ1v) is 17.8. The summed E-state index contributed by atoms with van der Waals surface area (Å²) < 4.78 is 34.4. The van der Waals surface area contributed by atoms with Crippen molar-refractivity contribution in [2.75, 3.05) is 26.8 Å². The van der Waals surface area contributed by atoms with E-state index in [-0.39, 0.29) is 36.4 Å². The lowest BCUT2D eigenvalue weighted by molar-refractivity contribution is -0.137. The first kappa shape index (κ1) is 34.0. The Morgan fingerprint density at radius 3 is 2.17 bits per heavy atom. The number of carbonyl (C=O) groups is 2. The maximum Gasteiger partial charge on any atom is 0.407 e. The van der Waals surface area contributed by atoms with Crippen molar-refractivity contribution in [2.24, 2.45) is 11.8 Å². The van der Waals surface area contributed by atoms with Crippen LogP contribution in [0.2, 0.25) is 0 Å². The molecule has 0 saturated carbocycles. The van der Waals surface area contributed by atoms with Crippen LogP contribution in [0.3, 0.4) is 0 Å². The van der Waals surface area contributed by atoms with Gasteiger partial charge in [-0.15, -0.1) is 0 Å². The van der Waals surface area contributed by atoms with Crippen LogP contribution in [0.15, 0.2) is 60.7 Å². The van der Waals surface area contributed by atoms with Gasteiger partial charge >= 0.3 is 12.7 Å². The summed E-state index contributed by atoms with van der Waals surface area (Å²) in [4.78, 5) is 44.4. The average Bonchev–Trinajstić information content (AvgIpc) is 3.97. The molecule has 4 heterocycles. The van der Waals surface area contributed by atoms with E-state index in [4.69, 9.17) is 14.7 Å². The molecule has 2 fully saturated rings. The van der Waals surface area contributed by atoms with Crippen LogP contribution in [-0.2, 0) is 14.3 Å². The summed E-state index contributed by atoms with van der Waals surface area (Å²) in [6.07, 6.45) is 1.68. The van der Waals surface area contributed by atoms with Gasteiger partial charge in [0, 0.05) is 23.9 Å². The summed E-state index contributed by atoms with van der Waals surface area (Å²) in [5.41, 5.74) is 5.72. The van der Waals surface area contributed by atoms with Crippen molar-refractivity contribution in [3.05, 3.63) is 72.3 Å². The molecule has 6 aromatic rings. The third kappa shape index (κ3) is 6.32. The van der Waals surface area contributed by atoms with E-state index in [1.54, 1.807) is 0 Å². The second kappa shape index (κ2) is 13.8. The molecule has 2 amide bonds. The summed E-state index contributed by atoms with van der Waals surface area (Å²) >= 11 is 0. The SMILES string of the molecule is COC(=O)NC(C(=O)N1CCCC1c1nc2c(ccc3cc(-c4ccc5c(ccc6[nH]c(C7CC(COC(F)F)CN7)nc65)c4)ccc32)[nH]1)C(C)C. The van der Waals surface area contributed by atoms with E-state index in [1.807, 2.05) is 30.9 Å². The molecule has 4 N–H and O–H groups in total. The van der Waals surface area contributed by atoms with E-state index in [9.17, 15) is 18.4 Å². The number of rotatable bonds is 9. The monoisotopic (exact) mass is 709 g/mol. The number of halogens is 2. The van der Waals surface area contributed by atoms with E-state index in [1.165, 1.54) is 7.11 Å². The number of aromatic nitrogens is 4. The molecule has 2 aliphatic heterocycles.